The second-order valence-corrected chi connectivity index (χ2v) is 17.9. The molecule has 0 bridgehead atoms. The van der Waals surface area contributed by atoms with E-state index in [2.05, 4.69) is 240 Å². The van der Waals surface area contributed by atoms with Crippen LogP contribution in [0.1, 0.15) is 0 Å². The third-order valence-electron chi connectivity index (χ3n) is 12.0. The van der Waals surface area contributed by atoms with Crippen LogP contribution in [-0.4, -0.2) is 0 Å². The van der Waals surface area contributed by atoms with E-state index in [1.165, 1.54) is 73.4 Å². The van der Waals surface area contributed by atoms with E-state index in [9.17, 15) is 0 Å². The molecule has 0 unspecified atom stereocenters. The normalized spacial score (nSPS) is 11.5. The van der Waals surface area contributed by atoms with E-state index in [4.69, 9.17) is 0 Å². The van der Waals surface area contributed by atoms with E-state index in [-0.39, 0.29) is 0 Å². The summed E-state index contributed by atoms with van der Waals surface area (Å²) in [6, 6.07) is 84.2. The van der Waals surface area contributed by atoms with Crippen LogP contribution in [0.15, 0.2) is 231 Å². The van der Waals surface area contributed by atoms with Crippen LogP contribution in [0.2, 0.25) is 0 Å². The minimum atomic E-state index is 1.12. The van der Waals surface area contributed by atoms with Crippen molar-refractivity contribution in [3.8, 4) is 22.3 Å². The summed E-state index contributed by atoms with van der Waals surface area (Å²) < 4.78 is 5.16. The summed E-state index contributed by atoms with van der Waals surface area (Å²) in [5.74, 6) is 0. The van der Waals surface area contributed by atoms with Gasteiger partial charge in [0.05, 0.1) is 5.69 Å². The number of thiophene rings is 2. The summed E-state index contributed by atoms with van der Waals surface area (Å²) in [6.45, 7) is 0. The van der Waals surface area contributed by atoms with Crippen molar-refractivity contribution in [3.05, 3.63) is 231 Å². The van der Waals surface area contributed by atoms with Crippen molar-refractivity contribution < 1.29 is 0 Å². The fourth-order valence-electron chi connectivity index (χ4n) is 9.08. The number of rotatable bonds is 8. The Morgan fingerprint density at radius 3 is 1.47 bits per heavy atom. The zero-order chi connectivity index (χ0) is 41.0. The minimum absolute atomic E-state index is 1.12. The Labute approximate surface area is 368 Å². The molecule has 12 aromatic rings. The number of hydrogen-bond acceptors (Lipinski definition) is 4. The standard InChI is InChI=1S/C58H38N2S2/c1-4-18-43(19-5-1)59(46-33-32-39-16-10-11-17-42(39)34-46)47-35-51(58-53(36-47)49-25-13-15-27-56(49)62-58)41-30-28-40(29-31-41)50-38-57-52(48-24-12-14-26-55(48)61-57)37-54(50)60(44-20-6-2-7-21-44)45-22-8-3-9-23-45/h1-38H. The molecule has 0 atom stereocenters. The molecule has 2 nitrogen and oxygen atoms in total. The largest absolute Gasteiger partial charge is 0.310 e. The second-order valence-electron chi connectivity index (χ2n) is 15.7. The first-order chi connectivity index (χ1) is 30.7. The van der Waals surface area contributed by atoms with Gasteiger partial charge < -0.3 is 9.80 Å². The van der Waals surface area contributed by atoms with Crippen LogP contribution in [0.5, 0.6) is 0 Å². The van der Waals surface area contributed by atoms with Gasteiger partial charge in [-0.2, -0.15) is 0 Å². The van der Waals surface area contributed by atoms with Gasteiger partial charge in [0, 0.05) is 79.9 Å². The number of anilines is 6. The van der Waals surface area contributed by atoms with Gasteiger partial charge in [0.2, 0.25) is 0 Å². The van der Waals surface area contributed by atoms with Crippen LogP contribution in [0.25, 0.3) is 73.4 Å². The summed E-state index contributed by atoms with van der Waals surface area (Å²) in [4.78, 5) is 4.81. The lowest BCUT2D eigenvalue weighted by Gasteiger charge is -2.28. The molecule has 0 spiro atoms. The summed E-state index contributed by atoms with van der Waals surface area (Å²) >= 11 is 3.74. The van der Waals surface area contributed by atoms with Crippen molar-refractivity contribution in [1.82, 2.24) is 0 Å². The van der Waals surface area contributed by atoms with E-state index in [0.29, 0.717) is 0 Å². The summed E-state index contributed by atoms with van der Waals surface area (Å²) in [6.07, 6.45) is 0. The van der Waals surface area contributed by atoms with Gasteiger partial charge in [0.15, 0.2) is 0 Å². The molecule has 0 saturated heterocycles. The highest BCUT2D eigenvalue weighted by Gasteiger charge is 2.22. The van der Waals surface area contributed by atoms with E-state index >= 15 is 0 Å². The summed E-state index contributed by atoms with van der Waals surface area (Å²) in [5.41, 5.74) is 11.5. The molecule has 12 rings (SSSR count). The molecule has 0 fully saturated rings. The first-order valence-corrected chi connectivity index (χ1v) is 22.6. The maximum absolute atomic E-state index is 2.41. The topological polar surface area (TPSA) is 6.48 Å². The molecule has 62 heavy (non-hydrogen) atoms. The molecule has 2 heterocycles. The molecule has 0 saturated carbocycles. The lowest BCUT2D eigenvalue weighted by molar-refractivity contribution is 1.29. The molecule has 0 amide bonds. The maximum Gasteiger partial charge on any atom is 0.0547 e. The number of nitrogens with zero attached hydrogens (tertiary/aromatic N) is 2. The van der Waals surface area contributed by atoms with Crippen molar-refractivity contribution in [2.45, 2.75) is 0 Å². The number of para-hydroxylation sites is 3. The quantitative estimate of drug-likeness (QED) is 0.151. The zero-order valence-electron chi connectivity index (χ0n) is 33.7. The highest BCUT2D eigenvalue weighted by atomic mass is 32.1. The van der Waals surface area contributed by atoms with Gasteiger partial charge in [-0.25, -0.2) is 0 Å². The fourth-order valence-corrected chi connectivity index (χ4v) is 11.4. The lowest BCUT2D eigenvalue weighted by atomic mass is 9.96. The molecular weight excluding hydrogens is 789 g/mol. The molecule has 2 aromatic heterocycles. The highest BCUT2D eigenvalue weighted by molar-refractivity contribution is 7.26. The van der Waals surface area contributed by atoms with E-state index in [1.807, 2.05) is 22.7 Å². The Bertz CT molecular complexity index is 3530. The second kappa shape index (κ2) is 15.2. The molecule has 0 aliphatic rings. The average molecular weight is 827 g/mol. The smallest absolute Gasteiger partial charge is 0.0547 e. The van der Waals surface area contributed by atoms with Crippen LogP contribution in [0.4, 0.5) is 34.1 Å². The van der Waals surface area contributed by atoms with Crippen LogP contribution in [0, 0.1) is 0 Å². The number of fused-ring (bicyclic) bond motifs is 7. The van der Waals surface area contributed by atoms with E-state index in [0.717, 1.165) is 34.1 Å². The molecule has 10 aromatic carbocycles. The van der Waals surface area contributed by atoms with Gasteiger partial charge in [-0.3, -0.25) is 0 Å². The van der Waals surface area contributed by atoms with Gasteiger partial charge in [0.25, 0.3) is 0 Å². The fraction of sp³-hybridized carbons (Fsp3) is 0. The Hall–Kier alpha value is -7.50. The van der Waals surface area contributed by atoms with Crippen molar-refractivity contribution in [2.24, 2.45) is 0 Å². The predicted molar refractivity (Wildman–Crippen MR) is 270 cm³/mol. The third kappa shape index (κ3) is 6.31. The SMILES string of the molecule is c1ccc(N(c2ccc3ccccc3c2)c2cc(-c3ccc(-c4cc5sc6ccccc6c5cc4N(c4ccccc4)c4ccccc4)cc3)c3sc4ccccc4c3c2)cc1. The highest BCUT2D eigenvalue weighted by Crippen LogP contribution is 2.49. The summed E-state index contributed by atoms with van der Waals surface area (Å²) in [7, 11) is 0. The van der Waals surface area contributed by atoms with Crippen molar-refractivity contribution in [1.29, 1.82) is 0 Å². The van der Waals surface area contributed by atoms with Crippen molar-refractivity contribution in [2.75, 3.05) is 9.80 Å². The minimum Gasteiger partial charge on any atom is -0.310 e. The monoisotopic (exact) mass is 826 g/mol. The Kier molecular flexibility index (Phi) is 8.91. The summed E-state index contributed by atoms with van der Waals surface area (Å²) in [5, 5.41) is 7.56. The molecule has 292 valence electrons. The number of benzene rings is 10. The van der Waals surface area contributed by atoms with Crippen LogP contribution in [-0.2, 0) is 0 Å². The van der Waals surface area contributed by atoms with Gasteiger partial charge in [0.1, 0.15) is 0 Å². The van der Waals surface area contributed by atoms with Gasteiger partial charge in [-0.15, -0.1) is 22.7 Å². The van der Waals surface area contributed by atoms with Gasteiger partial charge in [-0.1, -0.05) is 146 Å². The van der Waals surface area contributed by atoms with Crippen LogP contribution < -0.4 is 9.80 Å². The third-order valence-corrected chi connectivity index (χ3v) is 14.4. The first-order valence-electron chi connectivity index (χ1n) is 21.0. The van der Waals surface area contributed by atoms with Crippen LogP contribution in [0.3, 0.4) is 0 Å². The average Bonchev–Trinajstić information content (AvgIpc) is 3.90. The van der Waals surface area contributed by atoms with Crippen molar-refractivity contribution in [3.63, 3.8) is 0 Å². The Morgan fingerprint density at radius 2 is 0.806 bits per heavy atom. The van der Waals surface area contributed by atoms with Crippen molar-refractivity contribution >= 4 is 108 Å². The predicted octanol–water partition coefficient (Wildman–Crippen LogP) is 17.8. The van der Waals surface area contributed by atoms with E-state index in [1.54, 1.807) is 0 Å². The van der Waals surface area contributed by atoms with Crippen LogP contribution >= 0.6 is 22.7 Å². The van der Waals surface area contributed by atoms with E-state index < -0.39 is 0 Å². The lowest BCUT2D eigenvalue weighted by Crippen LogP contribution is -2.11. The molecule has 0 N–H and O–H groups in total. The maximum atomic E-state index is 2.41. The molecule has 0 aliphatic carbocycles. The molecule has 4 heteroatoms. The Morgan fingerprint density at radius 1 is 0.274 bits per heavy atom. The number of hydrogen-bond donors (Lipinski definition) is 0. The zero-order valence-corrected chi connectivity index (χ0v) is 35.3. The Balaban J connectivity index is 1.06. The van der Waals surface area contributed by atoms with Gasteiger partial charge >= 0.3 is 0 Å². The molecule has 0 radical (unpaired) electrons. The molecule has 0 aliphatic heterocycles. The van der Waals surface area contributed by atoms with Gasteiger partial charge in [-0.05, 0) is 107 Å². The first kappa shape index (κ1) is 36.4. The molecular formula is C58H38N2S2.